The fourth-order valence-electron chi connectivity index (χ4n) is 1.82. The van der Waals surface area contributed by atoms with E-state index in [4.69, 9.17) is 0 Å². The van der Waals surface area contributed by atoms with Crippen molar-refractivity contribution in [3.63, 3.8) is 0 Å². The number of hydrogen-bond acceptors (Lipinski definition) is 3. The third-order valence-corrected chi connectivity index (χ3v) is 2.71. The van der Waals surface area contributed by atoms with E-state index in [1.165, 1.54) is 6.20 Å². The van der Waals surface area contributed by atoms with E-state index in [-0.39, 0.29) is 17.0 Å². The zero-order valence-corrected chi connectivity index (χ0v) is 10.1. The average Bonchev–Trinajstić information content (AvgIpc) is 2.79. The predicted molar refractivity (Wildman–Crippen MR) is 61.1 cm³/mol. The summed E-state index contributed by atoms with van der Waals surface area (Å²) in [6, 6.07) is 1.47. The van der Waals surface area contributed by atoms with Crippen LogP contribution in [-0.4, -0.2) is 19.4 Å². The number of imidazole rings is 1. The van der Waals surface area contributed by atoms with Crippen LogP contribution in [-0.2, 0) is 6.18 Å². The summed E-state index contributed by atoms with van der Waals surface area (Å²) in [5, 5.41) is 0. The molecule has 0 saturated carbocycles. The SMILES string of the molecule is Fc1cc(F)nc(-c2cnc3cnc(C(F)(F)F)cn23)c1. The zero-order valence-electron chi connectivity index (χ0n) is 10.1. The van der Waals surface area contributed by atoms with Crippen molar-refractivity contribution in [3.05, 3.63) is 48.2 Å². The molecule has 0 spiro atoms. The van der Waals surface area contributed by atoms with Crippen molar-refractivity contribution < 1.29 is 22.0 Å². The molecule has 0 radical (unpaired) electrons. The Balaban J connectivity index is 2.23. The van der Waals surface area contributed by atoms with Crippen molar-refractivity contribution in [1.29, 1.82) is 0 Å². The third-order valence-electron chi connectivity index (χ3n) is 2.71. The number of nitrogens with zero attached hydrogens (tertiary/aromatic N) is 4. The molecule has 0 saturated heterocycles. The lowest BCUT2D eigenvalue weighted by Crippen LogP contribution is -2.09. The summed E-state index contributed by atoms with van der Waals surface area (Å²) in [6.07, 6.45) is -1.86. The first-order valence-corrected chi connectivity index (χ1v) is 5.58. The largest absolute Gasteiger partial charge is 0.434 e. The lowest BCUT2D eigenvalue weighted by Gasteiger charge is -2.07. The highest BCUT2D eigenvalue weighted by molar-refractivity contribution is 5.59. The highest BCUT2D eigenvalue weighted by atomic mass is 19.4. The minimum atomic E-state index is -4.64. The number of pyridine rings is 1. The summed E-state index contributed by atoms with van der Waals surface area (Å²) in [7, 11) is 0. The molecule has 21 heavy (non-hydrogen) atoms. The fraction of sp³-hybridized carbons (Fsp3) is 0.0833. The molecule has 0 aliphatic rings. The van der Waals surface area contributed by atoms with Gasteiger partial charge in [-0.05, 0) is 0 Å². The zero-order chi connectivity index (χ0) is 15.2. The van der Waals surface area contributed by atoms with Gasteiger partial charge in [0.2, 0.25) is 5.95 Å². The first-order chi connectivity index (χ1) is 9.84. The maximum atomic E-state index is 13.2. The molecule has 108 valence electrons. The second-order valence-corrected chi connectivity index (χ2v) is 4.14. The van der Waals surface area contributed by atoms with E-state index in [0.29, 0.717) is 12.3 Å². The molecule has 3 rings (SSSR count). The smallest absolute Gasteiger partial charge is 0.295 e. The van der Waals surface area contributed by atoms with Crippen LogP contribution in [0.4, 0.5) is 22.0 Å². The van der Waals surface area contributed by atoms with Crippen LogP contribution in [0.25, 0.3) is 17.0 Å². The van der Waals surface area contributed by atoms with Crippen LogP contribution >= 0.6 is 0 Å². The average molecular weight is 300 g/mol. The Bertz CT molecular complexity index is 804. The third kappa shape index (κ3) is 2.41. The van der Waals surface area contributed by atoms with Crippen LogP contribution < -0.4 is 0 Å². The Morgan fingerprint density at radius 3 is 2.43 bits per heavy atom. The van der Waals surface area contributed by atoms with Gasteiger partial charge in [0.15, 0.2) is 11.3 Å². The molecule has 0 atom stereocenters. The van der Waals surface area contributed by atoms with Crippen LogP contribution in [0.3, 0.4) is 0 Å². The molecule has 3 aromatic rings. The minimum absolute atomic E-state index is 0.0244. The van der Waals surface area contributed by atoms with Crippen LogP contribution in [0.15, 0.2) is 30.7 Å². The summed E-state index contributed by atoms with van der Waals surface area (Å²) in [5.74, 6) is -1.97. The van der Waals surface area contributed by atoms with E-state index in [2.05, 4.69) is 15.0 Å². The highest BCUT2D eigenvalue weighted by Crippen LogP contribution is 2.28. The standard InChI is InChI=1S/C12H5F5N4/c13-6-1-7(20-10(14)2-6)8-3-19-11-4-18-9(5-21(8)11)12(15,16)17/h1-5H. The van der Waals surface area contributed by atoms with E-state index in [1.54, 1.807) is 0 Å². The second-order valence-electron chi connectivity index (χ2n) is 4.14. The number of hydrogen-bond donors (Lipinski definition) is 0. The summed E-state index contributed by atoms with van der Waals surface area (Å²) in [5.41, 5.74) is -1.19. The van der Waals surface area contributed by atoms with Crippen molar-refractivity contribution in [2.45, 2.75) is 6.18 Å². The van der Waals surface area contributed by atoms with Gasteiger partial charge in [0.1, 0.15) is 5.82 Å². The molecular formula is C12H5F5N4. The number of rotatable bonds is 1. The van der Waals surface area contributed by atoms with Gasteiger partial charge in [0.25, 0.3) is 0 Å². The monoisotopic (exact) mass is 300 g/mol. The Labute approximate surface area is 113 Å². The van der Waals surface area contributed by atoms with Gasteiger partial charge in [-0.25, -0.2) is 19.3 Å². The maximum absolute atomic E-state index is 13.2. The van der Waals surface area contributed by atoms with Gasteiger partial charge in [-0.3, -0.25) is 4.40 Å². The molecule has 0 N–H and O–H groups in total. The van der Waals surface area contributed by atoms with Gasteiger partial charge >= 0.3 is 6.18 Å². The fourth-order valence-corrected chi connectivity index (χ4v) is 1.82. The lowest BCUT2D eigenvalue weighted by atomic mass is 10.3. The number of aromatic nitrogens is 4. The second kappa shape index (κ2) is 4.47. The molecule has 4 nitrogen and oxygen atoms in total. The molecular weight excluding hydrogens is 295 g/mol. The van der Waals surface area contributed by atoms with Gasteiger partial charge in [0, 0.05) is 18.3 Å². The molecule has 0 unspecified atom stereocenters. The first-order valence-electron chi connectivity index (χ1n) is 5.58. The van der Waals surface area contributed by atoms with Crippen molar-refractivity contribution in [2.24, 2.45) is 0 Å². The van der Waals surface area contributed by atoms with Gasteiger partial charge in [-0.1, -0.05) is 0 Å². The molecule has 0 fully saturated rings. The topological polar surface area (TPSA) is 43.1 Å². The quantitative estimate of drug-likeness (QED) is 0.512. The molecule has 0 aliphatic heterocycles. The van der Waals surface area contributed by atoms with Crippen LogP contribution in [0, 0.1) is 11.8 Å². The minimum Gasteiger partial charge on any atom is -0.295 e. The maximum Gasteiger partial charge on any atom is 0.434 e. The van der Waals surface area contributed by atoms with E-state index >= 15 is 0 Å². The molecule has 0 amide bonds. The van der Waals surface area contributed by atoms with Crippen molar-refractivity contribution in [1.82, 2.24) is 19.4 Å². The van der Waals surface area contributed by atoms with Crippen LogP contribution in [0.2, 0.25) is 0 Å². The van der Waals surface area contributed by atoms with Crippen molar-refractivity contribution in [3.8, 4) is 11.4 Å². The normalized spacial score (nSPS) is 12.0. The van der Waals surface area contributed by atoms with Gasteiger partial charge in [-0.2, -0.15) is 17.6 Å². The molecule has 0 aliphatic carbocycles. The summed E-state index contributed by atoms with van der Waals surface area (Å²) < 4.78 is 65.3. The van der Waals surface area contributed by atoms with Crippen molar-refractivity contribution >= 4 is 5.65 Å². The van der Waals surface area contributed by atoms with Crippen LogP contribution in [0.5, 0.6) is 0 Å². The predicted octanol–water partition coefficient (Wildman–Crippen LogP) is 3.09. The molecule has 9 heteroatoms. The number of halogens is 5. The summed E-state index contributed by atoms with van der Waals surface area (Å²) >= 11 is 0. The summed E-state index contributed by atoms with van der Waals surface area (Å²) in [4.78, 5) is 10.5. The van der Waals surface area contributed by atoms with Crippen molar-refractivity contribution in [2.75, 3.05) is 0 Å². The van der Waals surface area contributed by atoms with E-state index in [9.17, 15) is 22.0 Å². The lowest BCUT2D eigenvalue weighted by molar-refractivity contribution is -0.141. The molecule has 0 aromatic carbocycles. The Hall–Kier alpha value is -2.58. The molecule has 3 heterocycles. The Morgan fingerprint density at radius 1 is 1.00 bits per heavy atom. The Morgan fingerprint density at radius 2 is 1.76 bits per heavy atom. The van der Waals surface area contributed by atoms with E-state index in [1.807, 2.05) is 0 Å². The first kappa shape index (κ1) is 13.4. The highest BCUT2D eigenvalue weighted by Gasteiger charge is 2.33. The Kier molecular flexibility index (Phi) is 2.85. The number of fused-ring (bicyclic) bond motifs is 1. The van der Waals surface area contributed by atoms with E-state index < -0.39 is 23.6 Å². The summed E-state index contributed by atoms with van der Waals surface area (Å²) in [6.45, 7) is 0. The van der Waals surface area contributed by atoms with Gasteiger partial charge < -0.3 is 0 Å². The van der Waals surface area contributed by atoms with Gasteiger partial charge in [-0.15, -0.1) is 0 Å². The number of alkyl halides is 3. The van der Waals surface area contributed by atoms with Gasteiger partial charge in [0.05, 0.1) is 23.8 Å². The molecule has 0 bridgehead atoms. The van der Waals surface area contributed by atoms with Crippen LogP contribution in [0.1, 0.15) is 5.69 Å². The van der Waals surface area contributed by atoms with E-state index in [0.717, 1.165) is 16.7 Å². The molecule has 3 aromatic heterocycles.